The molecule has 4 bridgehead atoms. The van der Waals surface area contributed by atoms with Crippen molar-refractivity contribution in [3.63, 3.8) is 0 Å². The molecule has 7 heteroatoms. The van der Waals surface area contributed by atoms with Gasteiger partial charge in [-0.15, -0.1) is 0 Å². The van der Waals surface area contributed by atoms with Gasteiger partial charge in [-0.25, -0.2) is 13.2 Å². The van der Waals surface area contributed by atoms with Gasteiger partial charge in [0.05, 0.1) is 5.56 Å². The van der Waals surface area contributed by atoms with E-state index in [0.29, 0.717) is 32.4 Å². The normalized spacial score (nSPS) is 32.4. The molecular weight excluding hydrogens is 405 g/mol. The van der Waals surface area contributed by atoms with Crippen molar-refractivity contribution in [2.45, 2.75) is 63.8 Å². The van der Waals surface area contributed by atoms with Crippen LogP contribution in [-0.4, -0.2) is 35.8 Å². The number of hydrogen-bond donors (Lipinski definition) is 1. The Labute approximate surface area is 180 Å². The Morgan fingerprint density at radius 3 is 2.10 bits per heavy atom. The summed E-state index contributed by atoms with van der Waals surface area (Å²) in [5, 5.41) is 3.16. The lowest BCUT2D eigenvalue weighted by Crippen LogP contribution is -2.50. The molecule has 4 nitrogen and oxygen atoms in total. The number of benzene rings is 1. The van der Waals surface area contributed by atoms with E-state index in [4.69, 9.17) is 0 Å². The summed E-state index contributed by atoms with van der Waals surface area (Å²) in [6, 6.07) is 1.73. The van der Waals surface area contributed by atoms with Gasteiger partial charge in [-0.2, -0.15) is 0 Å². The van der Waals surface area contributed by atoms with Crippen LogP contribution >= 0.6 is 0 Å². The second-order valence-corrected chi connectivity index (χ2v) is 10.5. The smallest absolute Gasteiger partial charge is 0.256 e. The topological polar surface area (TPSA) is 49.4 Å². The fraction of sp³-hybridized carbons (Fsp3) is 0.667. The molecule has 0 atom stereocenters. The largest absolute Gasteiger partial charge is 0.353 e. The van der Waals surface area contributed by atoms with Gasteiger partial charge in [0.15, 0.2) is 17.5 Å². The zero-order chi connectivity index (χ0) is 21.8. The Morgan fingerprint density at radius 2 is 1.52 bits per heavy atom. The third kappa shape index (κ3) is 3.96. The van der Waals surface area contributed by atoms with Crippen LogP contribution in [0.2, 0.25) is 0 Å². The highest BCUT2D eigenvalue weighted by atomic mass is 19.2. The number of amides is 2. The highest BCUT2D eigenvalue weighted by Crippen LogP contribution is 2.61. The lowest BCUT2D eigenvalue weighted by molar-refractivity contribution is -0.130. The first-order valence-corrected chi connectivity index (χ1v) is 11.5. The summed E-state index contributed by atoms with van der Waals surface area (Å²) in [6.07, 6.45) is 9.39. The molecule has 31 heavy (non-hydrogen) atoms. The summed E-state index contributed by atoms with van der Waals surface area (Å²) < 4.78 is 40.5. The predicted molar refractivity (Wildman–Crippen MR) is 109 cm³/mol. The molecule has 5 aliphatic rings. The van der Waals surface area contributed by atoms with Crippen molar-refractivity contribution in [2.75, 3.05) is 13.1 Å². The molecule has 0 unspecified atom stereocenters. The minimum Gasteiger partial charge on any atom is -0.353 e. The number of likely N-dealkylation sites (tertiary alicyclic amines) is 1. The molecule has 168 valence electrons. The van der Waals surface area contributed by atoms with Gasteiger partial charge in [-0.1, -0.05) is 0 Å². The van der Waals surface area contributed by atoms with Gasteiger partial charge in [0.1, 0.15) is 0 Å². The molecule has 4 aliphatic carbocycles. The minimum absolute atomic E-state index is 0.0136. The zero-order valence-electron chi connectivity index (χ0n) is 17.6. The van der Waals surface area contributed by atoms with Crippen LogP contribution in [0, 0.1) is 40.6 Å². The number of carbonyl (C=O) groups excluding carboxylic acids is 2. The Hall–Kier alpha value is -2.05. The van der Waals surface area contributed by atoms with Crippen LogP contribution < -0.4 is 5.32 Å². The van der Waals surface area contributed by atoms with E-state index < -0.39 is 28.9 Å². The van der Waals surface area contributed by atoms with Crippen LogP contribution in [-0.2, 0) is 4.79 Å². The Morgan fingerprint density at radius 1 is 0.935 bits per heavy atom. The Balaban J connectivity index is 1.14. The molecule has 1 heterocycles. The second-order valence-electron chi connectivity index (χ2n) is 10.5. The van der Waals surface area contributed by atoms with Gasteiger partial charge < -0.3 is 10.2 Å². The minimum atomic E-state index is -1.63. The maximum atomic E-state index is 14.0. The van der Waals surface area contributed by atoms with Gasteiger partial charge in [-0.05, 0) is 86.7 Å². The average Bonchev–Trinajstić information content (AvgIpc) is 2.71. The van der Waals surface area contributed by atoms with Crippen LogP contribution in [0.1, 0.15) is 68.1 Å². The molecule has 1 aliphatic heterocycles. The SMILES string of the molecule is O=C(CC12CC3CC(CC(C3)C1)C2)NC1CCN(C(=O)c2ccc(F)c(F)c2F)CC1. The monoisotopic (exact) mass is 434 g/mol. The number of halogens is 3. The van der Waals surface area contributed by atoms with Gasteiger partial charge in [-0.3, -0.25) is 9.59 Å². The van der Waals surface area contributed by atoms with Gasteiger partial charge in [0.2, 0.25) is 5.91 Å². The third-order valence-electron chi connectivity index (χ3n) is 8.11. The van der Waals surface area contributed by atoms with Crippen LogP contribution in [0.5, 0.6) is 0 Å². The fourth-order valence-corrected chi connectivity index (χ4v) is 7.21. The van der Waals surface area contributed by atoms with E-state index in [1.165, 1.54) is 43.4 Å². The van der Waals surface area contributed by atoms with Crippen LogP contribution in [0.4, 0.5) is 13.2 Å². The van der Waals surface area contributed by atoms with E-state index in [0.717, 1.165) is 29.9 Å². The molecule has 1 aromatic carbocycles. The van der Waals surface area contributed by atoms with E-state index in [-0.39, 0.29) is 17.4 Å². The number of carbonyl (C=O) groups is 2. The lowest BCUT2D eigenvalue weighted by Gasteiger charge is -2.56. The molecule has 1 N–H and O–H groups in total. The predicted octanol–water partition coefficient (Wildman–Crippen LogP) is 4.43. The molecule has 2 amide bonds. The van der Waals surface area contributed by atoms with Crippen LogP contribution in [0.25, 0.3) is 0 Å². The van der Waals surface area contributed by atoms with Crippen LogP contribution in [0.15, 0.2) is 12.1 Å². The molecule has 0 aromatic heterocycles. The fourth-order valence-electron chi connectivity index (χ4n) is 7.21. The first-order valence-electron chi connectivity index (χ1n) is 11.5. The lowest BCUT2D eigenvalue weighted by atomic mass is 9.49. The molecule has 4 saturated carbocycles. The number of hydrogen-bond acceptors (Lipinski definition) is 2. The van der Waals surface area contributed by atoms with Crippen molar-refractivity contribution in [2.24, 2.45) is 23.2 Å². The first kappa shape index (κ1) is 20.8. The van der Waals surface area contributed by atoms with Gasteiger partial charge >= 0.3 is 0 Å². The maximum Gasteiger partial charge on any atom is 0.256 e. The van der Waals surface area contributed by atoms with E-state index in [2.05, 4.69) is 5.32 Å². The van der Waals surface area contributed by atoms with E-state index >= 15 is 0 Å². The van der Waals surface area contributed by atoms with E-state index in [1.807, 2.05) is 0 Å². The molecule has 6 rings (SSSR count). The van der Waals surface area contributed by atoms with Crippen molar-refractivity contribution < 1.29 is 22.8 Å². The second kappa shape index (κ2) is 7.82. The number of piperidine rings is 1. The molecule has 5 fully saturated rings. The number of nitrogens with zero attached hydrogens (tertiary/aromatic N) is 1. The summed E-state index contributed by atoms with van der Waals surface area (Å²) >= 11 is 0. The molecular formula is C24H29F3N2O2. The number of nitrogens with one attached hydrogen (secondary N) is 1. The molecule has 0 radical (unpaired) electrons. The summed E-state index contributed by atoms with van der Waals surface area (Å²) in [5.74, 6) is -2.49. The maximum absolute atomic E-state index is 14.0. The summed E-state index contributed by atoms with van der Waals surface area (Å²) in [5.41, 5.74) is -0.261. The first-order chi connectivity index (χ1) is 14.8. The molecule has 1 aromatic rings. The van der Waals surface area contributed by atoms with E-state index in [1.54, 1.807) is 0 Å². The van der Waals surface area contributed by atoms with Crippen molar-refractivity contribution in [1.82, 2.24) is 10.2 Å². The summed E-state index contributed by atoms with van der Waals surface area (Å²) in [4.78, 5) is 26.8. The van der Waals surface area contributed by atoms with Gasteiger partial charge in [0, 0.05) is 25.6 Å². The van der Waals surface area contributed by atoms with Gasteiger partial charge in [0.25, 0.3) is 5.91 Å². The summed E-state index contributed by atoms with van der Waals surface area (Å²) in [7, 11) is 0. The van der Waals surface area contributed by atoms with Crippen LogP contribution in [0.3, 0.4) is 0 Å². The molecule has 0 spiro atoms. The average molecular weight is 435 g/mol. The molecule has 1 saturated heterocycles. The third-order valence-corrected chi connectivity index (χ3v) is 8.11. The number of rotatable bonds is 4. The Bertz CT molecular complexity index is 860. The van der Waals surface area contributed by atoms with Crippen molar-refractivity contribution in [1.29, 1.82) is 0 Å². The summed E-state index contributed by atoms with van der Waals surface area (Å²) in [6.45, 7) is 0.694. The van der Waals surface area contributed by atoms with E-state index in [9.17, 15) is 22.8 Å². The highest BCUT2D eigenvalue weighted by Gasteiger charge is 2.51. The van der Waals surface area contributed by atoms with Crippen molar-refractivity contribution in [3.8, 4) is 0 Å². The standard InChI is InChI=1S/C24H29F3N2O2/c25-19-2-1-18(21(26)22(19)27)23(31)29-5-3-17(4-6-29)28-20(30)13-24-10-14-7-15(11-24)9-16(8-14)12-24/h1-2,14-17H,3-13H2,(H,28,30). The Kier molecular flexibility index (Phi) is 5.25. The quantitative estimate of drug-likeness (QED) is 0.713. The highest BCUT2D eigenvalue weighted by molar-refractivity contribution is 5.94. The van der Waals surface area contributed by atoms with Crippen molar-refractivity contribution >= 4 is 11.8 Å². The van der Waals surface area contributed by atoms with Crippen molar-refractivity contribution in [3.05, 3.63) is 35.1 Å². The zero-order valence-corrected chi connectivity index (χ0v) is 17.6.